The Kier molecular flexibility index (Phi) is 9.49. The van der Waals surface area contributed by atoms with Crippen LogP contribution in [0.4, 0.5) is 6.01 Å². The first-order chi connectivity index (χ1) is 15.9. The molecule has 0 spiro atoms. The molecule has 1 unspecified atom stereocenters. The van der Waals surface area contributed by atoms with E-state index in [9.17, 15) is 5.11 Å². The average molecular weight is 463 g/mol. The van der Waals surface area contributed by atoms with Gasteiger partial charge in [0.15, 0.2) is 5.82 Å². The summed E-state index contributed by atoms with van der Waals surface area (Å²) in [7, 11) is 0. The standard InChI is InChI=1S/C24H38N4O5/c1-16(2)22-26-24(33-27-22)28-10-8-18(9-11-28)5-4-12-32-20-6-7-21(17(3)13-20)23(31)25-19(14-29)15-30/h6-7,13,16,18-19,23,25,29-31H,4-5,8-12,14-15H2,1-3H3. The van der Waals surface area contributed by atoms with Crippen LogP contribution in [0.1, 0.15) is 68.6 Å². The fraction of sp³-hybridized carbons (Fsp3) is 0.667. The van der Waals surface area contributed by atoms with Crippen LogP contribution in [-0.2, 0) is 0 Å². The van der Waals surface area contributed by atoms with Gasteiger partial charge in [0.2, 0.25) is 0 Å². The summed E-state index contributed by atoms with van der Waals surface area (Å²) >= 11 is 0. The number of hydrogen-bond donors (Lipinski definition) is 4. The highest BCUT2D eigenvalue weighted by Gasteiger charge is 2.23. The van der Waals surface area contributed by atoms with E-state index < -0.39 is 12.3 Å². The highest BCUT2D eigenvalue weighted by Crippen LogP contribution is 2.27. The van der Waals surface area contributed by atoms with Crippen molar-refractivity contribution >= 4 is 6.01 Å². The van der Waals surface area contributed by atoms with E-state index in [4.69, 9.17) is 19.5 Å². The third kappa shape index (κ3) is 7.14. The maximum absolute atomic E-state index is 10.3. The van der Waals surface area contributed by atoms with Gasteiger partial charge in [-0.3, -0.25) is 5.32 Å². The largest absolute Gasteiger partial charge is 0.494 e. The van der Waals surface area contributed by atoms with E-state index in [-0.39, 0.29) is 19.1 Å². The molecule has 0 aliphatic carbocycles. The van der Waals surface area contributed by atoms with Gasteiger partial charge in [0, 0.05) is 19.0 Å². The number of nitrogens with one attached hydrogen (secondary N) is 1. The quantitative estimate of drug-likeness (QED) is 0.278. The lowest BCUT2D eigenvalue weighted by molar-refractivity contribution is 0.0808. The van der Waals surface area contributed by atoms with Gasteiger partial charge < -0.3 is 29.5 Å². The zero-order valence-corrected chi connectivity index (χ0v) is 19.9. The van der Waals surface area contributed by atoms with Gasteiger partial charge in [-0.1, -0.05) is 25.1 Å². The maximum atomic E-state index is 10.3. The summed E-state index contributed by atoms with van der Waals surface area (Å²) in [6.07, 6.45) is 3.38. The topological polar surface area (TPSA) is 124 Å². The van der Waals surface area contributed by atoms with Crippen LogP contribution in [-0.4, -0.2) is 64.4 Å². The third-order valence-electron chi connectivity index (χ3n) is 6.23. The van der Waals surface area contributed by atoms with Crippen molar-refractivity contribution in [2.24, 2.45) is 5.92 Å². The van der Waals surface area contributed by atoms with Crippen molar-refractivity contribution in [3.63, 3.8) is 0 Å². The zero-order chi connectivity index (χ0) is 23.8. The molecule has 1 fully saturated rings. The second-order valence-electron chi connectivity index (χ2n) is 9.16. The van der Waals surface area contributed by atoms with E-state index in [1.807, 2.05) is 25.1 Å². The van der Waals surface area contributed by atoms with E-state index in [2.05, 4.69) is 34.2 Å². The molecule has 0 radical (unpaired) electrons. The summed E-state index contributed by atoms with van der Waals surface area (Å²) in [6, 6.07) is 5.64. The lowest BCUT2D eigenvalue weighted by Gasteiger charge is -2.30. The van der Waals surface area contributed by atoms with Crippen LogP contribution in [0, 0.1) is 12.8 Å². The van der Waals surface area contributed by atoms with Crippen molar-refractivity contribution in [3.8, 4) is 5.75 Å². The minimum Gasteiger partial charge on any atom is -0.494 e. The molecule has 1 atom stereocenters. The monoisotopic (exact) mass is 462 g/mol. The van der Waals surface area contributed by atoms with Gasteiger partial charge in [0.05, 0.1) is 25.9 Å². The number of aliphatic hydroxyl groups excluding tert-OH is 3. The number of anilines is 1. The second kappa shape index (κ2) is 12.3. The van der Waals surface area contributed by atoms with Crippen LogP contribution in [0.15, 0.2) is 22.7 Å². The number of piperidine rings is 1. The molecule has 33 heavy (non-hydrogen) atoms. The molecule has 3 rings (SSSR count). The number of aliphatic hydroxyl groups is 3. The average Bonchev–Trinajstić information content (AvgIpc) is 3.31. The van der Waals surface area contributed by atoms with Crippen molar-refractivity contribution in [1.82, 2.24) is 15.5 Å². The molecule has 0 amide bonds. The van der Waals surface area contributed by atoms with Gasteiger partial charge in [-0.25, -0.2) is 0 Å². The van der Waals surface area contributed by atoms with Gasteiger partial charge in [-0.05, 0) is 61.8 Å². The summed E-state index contributed by atoms with van der Waals surface area (Å²) < 4.78 is 11.3. The fourth-order valence-electron chi connectivity index (χ4n) is 4.09. The first-order valence-corrected chi connectivity index (χ1v) is 11.9. The Morgan fingerprint density at radius 1 is 1.21 bits per heavy atom. The van der Waals surface area contributed by atoms with Crippen LogP contribution in [0.3, 0.4) is 0 Å². The molecule has 184 valence electrons. The molecule has 9 heteroatoms. The molecule has 1 aliphatic heterocycles. The summed E-state index contributed by atoms with van der Waals surface area (Å²) in [4.78, 5) is 6.68. The number of nitrogens with zero attached hydrogens (tertiary/aromatic N) is 3. The Balaban J connectivity index is 1.37. The number of ether oxygens (including phenoxy) is 1. The second-order valence-corrected chi connectivity index (χ2v) is 9.16. The molecule has 9 nitrogen and oxygen atoms in total. The van der Waals surface area contributed by atoms with Gasteiger partial charge in [-0.15, -0.1) is 0 Å². The molecule has 1 aromatic carbocycles. The van der Waals surface area contributed by atoms with Crippen LogP contribution in [0.25, 0.3) is 0 Å². The van der Waals surface area contributed by atoms with E-state index in [0.29, 0.717) is 24.1 Å². The predicted octanol–water partition coefficient (Wildman–Crippen LogP) is 2.51. The highest BCUT2D eigenvalue weighted by atomic mass is 16.5. The first-order valence-electron chi connectivity index (χ1n) is 11.9. The zero-order valence-electron chi connectivity index (χ0n) is 19.9. The van der Waals surface area contributed by atoms with Crippen LogP contribution < -0.4 is 15.0 Å². The molecular weight excluding hydrogens is 424 g/mol. The number of benzene rings is 1. The van der Waals surface area contributed by atoms with E-state index in [0.717, 1.165) is 55.9 Å². The molecule has 1 aromatic heterocycles. The van der Waals surface area contributed by atoms with Gasteiger partial charge >= 0.3 is 6.01 Å². The Morgan fingerprint density at radius 2 is 1.94 bits per heavy atom. The molecule has 1 saturated heterocycles. The van der Waals surface area contributed by atoms with Crippen LogP contribution in [0.2, 0.25) is 0 Å². The number of aromatic nitrogens is 2. The highest BCUT2D eigenvalue weighted by molar-refractivity contribution is 5.36. The summed E-state index contributed by atoms with van der Waals surface area (Å²) in [6.45, 7) is 8.06. The molecular formula is C24H38N4O5. The first kappa shape index (κ1) is 25.4. The Bertz CT molecular complexity index is 847. The van der Waals surface area contributed by atoms with Crippen LogP contribution in [0.5, 0.6) is 5.75 Å². The van der Waals surface area contributed by atoms with E-state index in [1.54, 1.807) is 0 Å². The van der Waals surface area contributed by atoms with Crippen LogP contribution >= 0.6 is 0 Å². The van der Waals surface area contributed by atoms with E-state index >= 15 is 0 Å². The predicted molar refractivity (Wildman–Crippen MR) is 125 cm³/mol. The molecule has 0 bridgehead atoms. The van der Waals surface area contributed by atoms with Crippen molar-refractivity contribution in [2.75, 3.05) is 37.8 Å². The molecule has 1 aliphatic rings. The smallest absolute Gasteiger partial charge is 0.324 e. The SMILES string of the molecule is Cc1cc(OCCCC2CCN(c3nc(C(C)C)no3)CC2)ccc1C(O)NC(CO)CO. The Hall–Kier alpha value is -2.20. The van der Waals surface area contributed by atoms with Crippen molar-refractivity contribution in [2.45, 2.75) is 64.6 Å². The summed E-state index contributed by atoms with van der Waals surface area (Å²) in [5.41, 5.74) is 1.58. The maximum Gasteiger partial charge on any atom is 0.324 e. The number of hydrogen-bond acceptors (Lipinski definition) is 9. The third-order valence-corrected chi connectivity index (χ3v) is 6.23. The van der Waals surface area contributed by atoms with Gasteiger partial charge in [-0.2, -0.15) is 4.98 Å². The van der Waals surface area contributed by atoms with E-state index in [1.165, 1.54) is 0 Å². The fourth-order valence-corrected chi connectivity index (χ4v) is 4.09. The molecule has 2 aromatic rings. The lowest BCUT2D eigenvalue weighted by atomic mass is 9.92. The number of rotatable bonds is 12. The van der Waals surface area contributed by atoms with Gasteiger partial charge in [0.1, 0.15) is 12.0 Å². The molecule has 2 heterocycles. The lowest BCUT2D eigenvalue weighted by Crippen LogP contribution is -2.38. The molecule has 0 saturated carbocycles. The Morgan fingerprint density at radius 3 is 2.55 bits per heavy atom. The van der Waals surface area contributed by atoms with Crippen molar-refractivity contribution < 1.29 is 24.6 Å². The summed E-state index contributed by atoms with van der Waals surface area (Å²) in [5, 5.41) is 35.5. The normalized spacial score (nSPS) is 16.1. The Labute approximate surface area is 195 Å². The molecule has 4 N–H and O–H groups in total. The van der Waals surface area contributed by atoms with Gasteiger partial charge in [0.25, 0.3) is 0 Å². The minimum atomic E-state index is -0.960. The minimum absolute atomic E-state index is 0.247. The summed E-state index contributed by atoms with van der Waals surface area (Å²) in [5.74, 6) is 2.48. The van der Waals surface area contributed by atoms with Crippen molar-refractivity contribution in [1.29, 1.82) is 0 Å². The number of aryl methyl sites for hydroxylation is 1. The van der Waals surface area contributed by atoms with Crippen molar-refractivity contribution in [3.05, 3.63) is 35.2 Å².